The van der Waals surface area contributed by atoms with Crippen LogP contribution < -0.4 is 4.74 Å². The van der Waals surface area contributed by atoms with E-state index in [-0.39, 0.29) is 0 Å². The molecule has 0 spiro atoms. The summed E-state index contributed by atoms with van der Waals surface area (Å²) in [6.07, 6.45) is 2.01. The number of rotatable bonds is 3. The average molecular weight is 340 g/mol. The topological polar surface area (TPSA) is 55.2 Å². The second-order valence-corrected chi connectivity index (χ2v) is 6.07. The largest absolute Gasteiger partial charge is 0.497 e. The lowest BCUT2D eigenvalue weighted by atomic mass is 10.1. The van der Waals surface area contributed by atoms with Gasteiger partial charge in [0.2, 0.25) is 0 Å². The van der Waals surface area contributed by atoms with Gasteiger partial charge in [-0.3, -0.25) is 4.40 Å². The molecule has 5 aromatic rings. The lowest BCUT2D eigenvalue weighted by Crippen LogP contribution is -1.91. The predicted molar refractivity (Wildman–Crippen MR) is 102 cm³/mol. The van der Waals surface area contributed by atoms with E-state index in [1.807, 2.05) is 72.9 Å². The highest BCUT2D eigenvalue weighted by Crippen LogP contribution is 2.33. The Morgan fingerprint density at radius 3 is 2.50 bits per heavy atom. The first kappa shape index (κ1) is 14.7. The van der Waals surface area contributed by atoms with Crippen molar-refractivity contribution >= 4 is 16.7 Å². The second-order valence-electron chi connectivity index (χ2n) is 6.07. The first-order chi connectivity index (χ1) is 12.8. The molecule has 26 heavy (non-hydrogen) atoms. The average Bonchev–Trinajstić information content (AvgIpc) is 3.29. The maximum absolute atomic E-state index is 5.27. The van der Waals surface area contributed by atoms with Gasteiger partial charge in [-0.15, -0.1) is 0 Å². The number of aromatic nitrogens is 4. The number of nitrogens with zero attached hydrogens (tertiary/aromatic N) is 3. The monoisotopic (exact) mass is 340 g/mol. The molecule has 2 aromatic carbocycles. The van der Waals surface area contributed by atoms with Crippen molar-refractivity contribution in [2.75, 3.05) is 7.11 Å². The highest BCUT2D eigenvalue weighted by Gasteiger charge is 2.18. The van der Waals surface area contributed by atoms with Gasteiger partial charge in [0.05, 0.1) is 18.1 Å². The van der Waals surface area contributed by atoms with Gasteiger partial charge in [-0.2, -0.15) is 0 Å². The van der Waals surface area contributed by atoms with Crippen molar-refractivity contribution in [1.29, 1.82) is 0 Å². The third-order valence-electron chi connectivity index (χ3n) is 4.51. The number of benzene rings is 2. The molecule has 0 amide bonds. The standard InChI is InChI=1S/C21H16N4O/c1-26-15-11-9-14(10-12-15)19-20(25-13-5-4-8-18(25)24-19)21-22-16-6-2-3-7-17(16)23-21/h2-13H,1H3,(H,22,23). The molecule has 3 heterocycles. The van der Waals surface area contributed by atoms with Gasteiger partial charge in [-0.05, 0) is 48.5 Å². The molecule has 3 aromatic heterocycles. The van der Waals surface area contributed by atoms with E-state index in [4.69, 9.17) is 14.7 Å². The van der Waals surface area contributed by atoms with Crippen LogP contribution in [0.5, 0.6) is 5.75 Å². The van der Waals surface area contributed by atoms with Gasteiger partial charge >= 0.3 is 0 Å². The Labute approximate surface area is 149 Å². The highest BCUT2D eigenvalue weighted by atomic mass is 16.5. The number of imidazole rings is 2. The van der Waals surface area contributed by atoms with Crippen molar-refractivity contribution in [3.8, 4) is 28.5 Å². The normalized spacial score (nSPS) is 11.3. The molecule has 1 N–H and O–H groups in total. The first-order valence-corrected chi connectivity index (χ1v) is 8.40. The predicted octanol–water partition coefficient (Wildman–Crippen LogP) is 4.55. The van der Waals surface area contributed by atoms with E-state index < -0.39 is 0 Å². The molecular formula is C21H16N4O. The molecule has 5 nitrogen and oxygen atoms in total. The molecule has 0 unspecified atom stereocenters. The molecule has 5 rings (SSSR count). The number of hydrogen-bond donors (Lipinski definition) is 1. The lowest BCUT2D eigenvalue weighted by Gasteiger charge is -2.04. The molecule has 0 aliphatic carbocycles. The fourth-order valence-corrected chi connectivity index (χ4v) is 3.24. The van der Waals surface area contributed by atoms with Crippen LogP contribution in [0.15, 0.2) is 72.9 Å². The molecular weight excluding hydrogens is 324 g/mol. The van der Waals surface area contributed by atoms with E-state index in [1.54, 1.807) is 7.11 Å². The van der Waals surface area contributed by atoms with Gasteiger partial charge < -0.3 is 9.72 Å². The Morgan fingerprint density at radius 2 is 1.69 bits per heavy atom. The van der Waals surface area contributed by atoms with Gasteiger partial charge in [0.1, 0.15) is 22.8 Å². The fraction of sp³-hybridized carbons (Fsp3) is 0.0476. The summed E-state index contributed by atoms with van der Waals surface area (Å²) in [5.41, 5.74) is 5.68. The maximum Gasteiger partial charge on any atom is 0.157 e. The SMILES string of the molecule is COc1ccc(-c2nc3ccccn3c2-c2nc3ccccc3[nH]2)cc1. The molecule has 0 aliphatic rings. The van der Waals surface area contributed by atoms with Crippen LogP contribution in [0.2, 0.25) is 0 Å². The summed E-state index contributed by atoms with van der Waals surface area (Å²) >= 11 is 0. The summed E-state index contributed by atoms with van der Waals surface area (Å²) in [6, 6.07) is 22.0. The molecule has 0 fully saturated rings. The smallest absolute Gasteiger partial charge is 0.157 e. The van der Waals surface area contributed by atoms with Crippen molar-refractivity contribution in [2.24, 2.45) is 0 Å². The van der Waals surface area contributed by atoms with Crippen LogP contribution >= 0.6 is 0 Å². The van der Waals surface area contributed by atoms with E-state index in [0.29, 0.717) is 0 Å². The molecule has 0 bridgehead atoms. The Bertz CT molecular complexity index is 1180. The van der Waals surface area contributed by atoms with Crippen molar-refractivity contribution in [3.63, 3.8) is 0 Å². The van der Waals surface area contributed by atoms with Crippen LogP contribution in [-0.4, -0.2) is 26.5 Å². The Morgan fingerprint density at radius 1 is 0.885 bits per heavy atom. The number of nitrogens with one attached hydrogen (secondary N) is 1. The lowest BCUT2D eigenvalue weighted by molar-refractivity contribution is 0.415. The highest BCUT2D eigenvalue weighted by molar-refractivity contribution is 5.84. The van der Waals surface area contributed by atoms with E-state index in [0.717, 1.165) is 45.2 Å². The molecule has 0 saturated carbocycles. The van der Waals surface area contributed by atoms with Crippen molar-refractivity contribution < 1.29 is 4.74 Å². The fourth-order valence-electron chi connectivity index (χ4n) is 3.24. The number of pyridine rings is 1. The van der Waals surface area contributed by atoms with Crippen LogP contribution in [0, 0.1) is 0 Å². The van der Waals surface area contributed by atoms with Crippen LogP contribution in [0.4, 0.5) is 0 Å². The number of methoxy groups -OCH3 is 1. The molecule has 5 heteroatoms. The Balaban J connectivity index is 1.79. The Hall–Kier alpha value is -3.60. The zero-order valence-electron chi connectivity index (χ0n) is 14.2. The van der Waals surface area contributed by atoms with Gasteiger partial charge in [-0.1, -0.05) is 18.2 Å². The van der Waals surface area contributed by atoms with Gasteiger partial charge in [-0.25, -0.2) is 9.97 Å². The third kappa shape index (κ3) is 2.25. The number of hydrogen-bond acceptors (Lipinski definition) is 3. The summed E-state index contributed by atoms with van der Waals surface area (Å²) < 4.78 is 7.34. The van der Waals surface area contributed by atoms with Gasteiger partial charge in [0, 0.05) is 11.8 Å². The maximum atomic E-state index is 5.27. The Kier molecular flexibility index (Phi) is 3.25. The molecule has 0 saturated heterocycles. The number of aromatic amines is 1. The summed E-state index contributed by atoms with van der Waals surface area (Å²) in [4.78, 5) is 13.1. The third-order valence-corrected chi connectivity index (χ3v) is 4.51. The second kappa shape index (κ2) is 5.74. The summed E-state index contributed by atoms with van der Waals surface area (Å²) in [5.74, 6) is 1.62. The zero-order chi connectivity index (χ0) is 17.5. The number of para-hydroxylation sites is 2. The van der Waals surface area contributed by atoms with Crippen molar-refractivity contribution in [3.05, 3.63) is 72.9 Å². The van der Waals surface area contributed by atoms with Crippen LogP contribution in [-0.2, 0) is 0 Å². The van der Waals surface area contributed by atoms with Crippen LogP contribution in [0.1, 0.15) is 0 Å². The van der Waals surface area contributed by atoms with Crippen molar-refractivity contribution in [1.82, 2.24) is 19.4 Å². The number of fused-ring (bicyclic) bond motifs is 2. The van der Waals surface area contributed by atoms with Crippen LogP contribution in [0.3, 0.4) is 0 Å². The minimum absolute atomic E-state index is 0.802. The molecule has 0 atom stereocenters. The van der Waals surface area contributed by atoms with Crippen LogP contribution in [0.25, 0.3) is 39.5 Å². The number of H-pyrrole nitrogens is 1. The molecule has 0 aliphatic heterocycles. The quantitative estimate of drug-likeness (QED) is 0.524. The molecule has 0 radical (unpaired) electrons. The van der Waals surface area contributed by atoms with Gasteiger partial charge in [0.25, 0.3) is 0 Å². The summed E-state index contributed by atoms with van der Waals surface area (Å²) in [7, 11) is 1.67. The number of ether oxygens (including phenoxy) is 1. The van der Waals surface area contributed by atoms with E-state index >= 15 is 0 Å². The minimum Gasteiger partial charge on any atom is -0.497 e. The van der Waals surface area contributed by atoms with Gasteiger partial charge in [0.15, 0.2) is 5.82 Å². The van der Waals surface area contributed by atoms with E-state index in [2.05, 4.69) is 9.38 Å². The summed E-state index contributed by atoms with van der Waals surface area (Å²) in [6.45, 7) is 0. The molecule has 126 valence electrons. The zero-order valence-corrected chi connectivity index (χ0v) is 14.2. The summed E-state index contributed by atoms with van der Waals surface area (Å²) in [5, 5.41) is 0. The minimum atomic E-state index is 0.802. The van der Waals surface area contributed by atoms with E-state index in [1.165, 1.54) is 0 Å². The van der Waals surface area contributed by atoms with Crippen molar-refractivity contribution in [2.45, 2.75) is 0 Å². The van der Waals surface area contributed by atoms with E-state index in [9.17, 15) is 0 Å². The first-order valence-electron chi connectivity index (χ1n) is 8.40.